The van der Waals surface area contributed by atoms with Gasteiger partial charge in [-0.25, -0.2) is 38.7 Å². The number of halogens is 5. The molecule has 0 radical (unpaired) electrons. The summed E-state index contributed by atoms with van der Waals surface area (Å²) in [7, 11) is 0. The summed E-state index contributed by atoms with van der Waals surface area (Å²) in [4.78, 5) is 107. The molecule has 7 aromatic carbocycles. The molecule has 0 saturated heterocycles. The summed E-state index contributed by atoms with van der Waals surface area (Å²) in [5.74, 6) is -2.83. The number of nitrogens with zero attached hydrogens (tertiary/aromatic N) is 8. The van der Waals surface area contributed by atoms with Gasteiger partial charge in [-0.15, -0.1) is 13.2 Å². The molecule has 0 unspecified atom stereocenters. The SMILES string of the molecule is CC(=O)c1ccc(NC(=O)c2nc3ccccc3nc2Oc2ccc(F)cc2)cn1.CC(=O)c1ccc(NC(=O)c2nc3ccccc3nc2Oc2ccc(F)cc2C)cn1.CC(=O)c1ccc(NC(=O)c2nc3ccccc3nc2Oc2ccc(OC(F)(F)F)cc2)cc1. The number of pyridine rings is 2. The number of fused-ring (bicyclic) bond motifs is 3. The number of aryl methyl sites for hydroxylation is 1. The van der Waals surface area contributed by atoms with Gasteiger partial charge in [0.1, 0.15) is 46.0 Å². The molecule has 0 aliphatic rings. The van der Waals surface area contributed by atoms with E-state index >= 15 is 0 Å². The maximum atomic E-state index is 13.4. The molecule has 0 atom stereocenters. The van der Waals surface area contributed by atoms with Crippen LogP contribution in [0.25, 0.3) is 33.1 Å². The second-order valence-corrected chi connectivity index (χ2v) is 20.3. The third-order valence-electron chi connectivity index (χ3n) is 13.2. The number of ether oxygens (including phenoxy) is 4. The Morgan fingerprint density at radius 2 is 0.747 bits per heavy atom. The fourth-order valence-electron chi connectivity index (χ4n) is 8.59. The lowest BCUT2D eigenvalue weighted by atomic mass is 10.1. The Labute approximate surface area is 535 Å². The Balaban J connectivity index is 0.000000156. The number of rotatable bonds is 16. The number of Topliss-reactive ketones (excluding diaryl/α,β-unsaturated/α-hetero) is 3. The zero-order valence-corrected chi connectivity index (χ0v) is 50.1. The molecular weight excluding hydrogens is 1240 g/mol. The molecule has 474 valence electrons. The molecule has 0 aliphatic heterocycles. The van der Waals surface area contributed by atoms with E-state index in [1.165, 1.54) is 99.9 Å². The van der Waals surface area contributed by atoms with Crippen LogP contribution in [0.1, 0.15) is 89.1 Å². The minimum absolute atomic E-state index is 0.0146. The zero-order valence-electron chi connectivity index (χ0n) is 50.1. The first-order valence-electron chi connectivity index (χ1n) is 28.3. The molecular formula is C69H48F5N11O10. The highest BCUT2D eigenvalue weighted by Crippen LogP contribution is 2.32. The van der Waals surface area contributed by atoms with Gasteiger partial charge in [-0.3, -0.25) is 38.7 Å². The van der Waals surface area contributed by atoms with E-state index in [2.05, 4.69) is 60.6 Å². The van der Waals surface area contributed by atoms with Crippen molar-refractivity contribution < 1.29 is 69.7 Å². The van der Waals surface area contributed by atoms with Crippen molar-refractivity contribution >= 4 is 85.2 Å². The Kier molecular flexibility index (Phi) is 19.8. The molecule has 0 aliphatic carbocycles. The lowest BCUT2D eigenvalue weighted by Gasteiger charge is -2.12. The number of alkyl halides is 3. The van der Waals surface area contributed by atoms with Gasteiger partial charge >= 0.3 is 6.36 Å². The average Bonchev–Trinajstić information content (AvgIpc) is 0.837. The van der Waals surface area contributed by atoms with Gasteiger partial charge in [-0.2, -0.15) is 0 Å². The smallest absolute Gasteiger partial charge is 0.437 e. The number of carbonyl (C=O) groups excluding carboxylic acids is 6. The minimum Gasteiger partial charge on any atom is -0.437 e. The van der Waals surface area contributed by atoms with E-state index in [0.717, 1.165) is 12.1 Å². The molecule has 0 spiro atoms. The molecule has 21 nitrogen and oxygen atoms in total. The molecule has 0 bridgehead atoms. The van der Waals surface area contributed by atoms with Crippen LogP contribution in [-0.4, -0.2) is 81.3 Å². The standard InChI is InChI=1S/C24H16F3N3O4.C23H17FN4O3.C22H15FN4O3/c1-14(31)15-6-8-16(9-7-15)28-22(32)21-23(30-20-5-3-2-4-19(20)29-21)33-17-10-12-18(13-11-17)34-24(25,26)27;1-13-11-15(24)7-10-20(13)31-23-21(27-18-5-3-4-6-19(18)28-23)22(30)26-16-8-9-17(14(2)29)25-12-16;1-13(28)17-11-8-15(12-24-17)25-21(29)20-22(30-16-9-6-14(23)7-10-16)27-19-5-3-2-4-18(19)26-20/h2-13H,1H3,(H,28,32);3-12H,1-2H3,(H,26,30);2-12H,1H3,(H,25,29). The molecule has 5 aromatic heterocycles. The largest absolute Gasteiger partial charge is 0.573 e. The maximum Gasteiger partial charge on any atom is 0.573 e. The van der Waals surface area contributed by atoms with Crippen LogP contribution < -0.4 is 34.9 Å². The van der Waals surface area contributed by atoms with Crippen LogP contribution in [0.4, 0.5) is 39.0 Å². The normalized spacial score (nSPS) is 10.8. The number of benzene rings is 7. The first kappa shape index (κ1) is 65.1. The van der Waals surface area contributed by atoms with Crippen molar-refractivity contribution in [3.05, 3.63) is 252 Å². The monoisotopic (exact) mass is 1290 g/mol. The van der Waals surface area contributed by atoms with Crippen molar-refractivity contribution in [1.82, 2.24) is 39.9 Å². The van der Waals surface area contributed by atoms with Crippen molar-refractivity contribution in [2.75, 3.05) is 16.0 Å². The Morgan fingerprint density at radius 1 is 0.389 bits per heavy atom. The number of carbonyl (C=O) groups is 6. The number of para-hydroxylation sites is 6. The predicted octanol–water partition coefficient (Wildman–Crippen LogP) is 14.9. The van der Waals surface area contributed by atoms with Crippen LogP contribution >= 0.6 is 0 Å². The molecule has 12 rings (SSSR count). The Morgan fingerprint density at radius 3 is 1.12 bits per heavy atom. The number of amides is 3. The molecule has 5 heterocycles. The van der Waals surface area contributed by atoms with E-state index in [4.69, 9.17) is 14.2 Å². The van der Waals surface area contributed by atoms with Gasteiger partial charge in [0.15, 0.2) is 34.4 Å². The van der Waals surface area contributed by atoms with E-state index < -0.39 is 41.5 Å². The van der Waals surface area contributed by atoms with Crippen molar-refractivity contribution in [3.63, 3.8) is 0 Å². The predicted molar refractivity (Wildman–Crippen MR) is 338 cm³/mol. The lowest BCUT2D eigenvalue weighted by Crippen LogP contribution is -2.17. The van der Waals surface area contributed by atoms with Gasteiger partial charge in [-0.05, 0) is 171 Å². The number of aromatic nitrogens is 8. The van der Waals surface area contributed by atoms with Gasteiger partial charge in [-0.1, -0.05) is 36.4 Å². The second kappa shape index (κ2) is 29.0. The van der Waals surface area contributed by atoms with Gasteiger partial charge < -0.3 is 34.9 Å². The highest BCUT2D eigenvalue weighted by molar-refractivity contribution is 6.07. The first-order chi connectivity index (χ1) is 45.6. The van der Waals surface area contributed by atoms with Crippen LogP contribution in [0.5, 0.6) is 40.6 Å². The van der Waals surface area contributed by atoms with Crippen LogP contribution in [0, 0.1) is 18.6 Å². The van der Waals surface area contributed by atoms with E-state index in [1.54, 1.807) is 116 Å². The summed E-state index contributed by atoms with van der Waals surface area (Å²) >= 11 is 0. The van der Waals surface area contributed by atoms with Crippen molar-refractivity contribution in [3.8, 4) is 40.6 Å². The fraction of sp³-hybridized carbons (Fsp3) is 0.0725. The number of ketones is 3. The van der Waals surface area contributed by atoms with Crippen LogP contribution in [-0.2, 0) is 0 Å². The first-order valence-corrected chi connectivity index (χ1v) is 28.3. The third-order valence-corrected chi connectivity index (χ3v) is 13.2. The summed E-state index contributed by atoms with van der Waals surface area (Å²) in [5.41, 5.74) is 5.59. The number of hydrogen-bond acceptors (Lipinski definition) is 18. The Bertz CT molecular complexity index is 4880. The molecule has 0 saturated carbocycles. The van der Waals surface area contributed by atoms with Crippen molar-refractivity contribution in [2.45, 2.75) is 34.1 Å². The number of hydrogen-bond donors (Lipinski definition) is 3. The van der Waals surface area contributed by atoms with Crippen molar-refractivity contribution in [1.29, 1.82) is 0 Å². The molecule has 95 heavy (non-hydrogen) atoms. The van der Waals surface area contributed by atoms with Gasteiger partial charge in [0.05, 0.1) is 56.9 Å². The van der Waals surface area contributed by atoms with E-state index in [1.807, 2.05) is 0 Å². The highest BCUT2D eigenvalue weighted by atomic mass is 19.4. The van der Waals surface area contributed by atoms with E-state index in [0.29, 0.717) is 84.2 Å². The Hall–Kier alpha value is -12.9. The van der Waals surface area contributed by atoms with Gasteiger partial charge in [0, 0.05) is 25.1 Å². The summed E-state index contributed by atoms with van der Waals surface area (Å²) in [5, 5.41) is 8.03. The lowest BCUT2D eigenvalue weighted by molar-refractivity contribution is -0.274. The average molecular weight is 1290 g/mol. The van der Waals surface area contributed by atoms with Gasteiger partial charge in [0.2, 0.25) is 0 Å². The fourth-order valence-corrected chi connectivity index (χ4v) is 8.59. The number of anilines is 3. The molecule has 0 fully saturated rings. The molecule has 26 heteroatoms. The zero-order chi connectivity index (χ0) is 67.3. The quantitative estimate of drug-likeness (QED) is 0.0599. The van der Waals surface area contributed by atoms with Crippen LogP contribution in [0.15, 0.2) is 200 Å². The van der Waals surface area contributed by atoms with E-state index in [-0.39, 0.29) is 57.8 Å². The van der Waals surface area contributed by atoms with Crippen molar-refractivity contribution in [2.24, 2.45) is 0 Å². The second-order valence-electron chi connectivity index (χ2n) is 20.3. The molecule has 3 amide bonds. The van der Waals surface area contributed by atoms with E-state index in [9.17, 15) is 50.7 Å². The molecule has 12 aromatic rings. The topological polar surface area (TPSA) is 279 Å². The van der Waals surface area contributed by atoms with Crippen LogP contribution in [0.3, 0.4) is 0 Å². The summed E-state index contributed by atoms with van der Waals surface area (Å²) in [6.45, 7) is 5.94. The molecule has 3 N–H and O–H groups in total. The summed E-state index contributed by atoms with van der Waals surface area (Å²) in [6, 6.07) is 47.4. The summed E-state index contributed by atoms with van der Waals surface area (Å²) in [6.07, 6.45) is -2.06. The number of nitrogens with one attached hydrogen (secondary N) is 3. The highest BCUT2D eigenvalue weighted by Gasteiger charge is 2.31. The third kappa shape index (κ3) is 17.1. The van der Waals surface area contributed by atoms with Gasteiger partial charge in [0.25, 0.3) is 35.4 Å². The maximum absolute atomic E-state index is 13.4. The summed E-state index contributed by atoms with van der Waals surface area (Å²) < 4.78 is 84.9. The van der Waals surface area contributed by atoms with Crippen LogP contribution in [0.2, 0.25) is 0 Å². The minimum atomic E-state index is -4.82.